The van der Waals surface area contributed by atoms with Gasteiger partial charge in [-0.1, -0.05) is 19.9 Å². The summed E-state index contributed by atoms with van der Waals surface area (Å²) in [4.78, 5) is 26.6. The van der Waals surface area contributed by atoms with Crippen LogP contribution in [-0.2, 0) is 6.54 Å². The second-order valence-corrected chi connectivity index (χ2v) is 10.6. The zero-order chi connectivity index (χ0) is 27.0. The highest BCUT2D eigenvalue weighted by Crippen LogP contribution is 2.37. The van der Waals surface area contributed by atoms with E-state index in [1.165, 1.54) is 23.5 Å². The largest absolute Gasteiger partial charge is 0.435 e. The molecule has 1 aromatic carbocycles. The van der Waals surface area contributed by atoms with Gasteiger partial charge in [0.2, 0.25) is 5.76 Å². The number of amides is 1. The Balaban J connectivity index is 1.29. The minimum absolute atomic E-state index is 0.0208. The lowest BCUT2D eigenvalue weighted by molar-refractivity contribution is -0.0930. The minimum Gasteiger partial charge on any atom is -0.435 e. The summed E-state index contributed by atoms with van der Waals surface area (Å²) in [5.41, 5.74) is 3.92. The summed E-state index contributed by atoms with van der Waals surface area (Å²) >= 11 is 1.24. The number of oxazole rings is 1. The molecule has 2 N–H and O–H groups in total. The highest BCUT2D eigenvalue weighted by molar-refractivity contribution is 7.14. The number of thiazole rings is 1. The van der Waals surface area contributed by atoms with Crippen molar-refractivity contribution in [3.05, 3.63) is 70.5 Å². The monoisotopic (exact) mass is 541 g/mol. The van der Waals surface area contributed by atoms with Gasteiger partial charge in [-0.2, -0.15) is 0 Å². The van der Waals surface area contributed by atoms with Crippen molar-refractivity contribution in [2.75, 3.05) is 5.32 Å². The molecular weight excluding hydrogens is 515 g/mol. The maximum Gasteiger partial charge on any atom is 0.295 e. The van der Waals surface area contributed by atoms with Gasteiger partial charge in [-0.05, 0) is 42.3 Å². The summed E-state index contributed by atoms with van der Waals surface area (Å²) in [6.07, 6.45) is 1.42. The molecule has 0 spiro atoms. The van der Waals surface area contributed by atoms with Crippen LogP contribution in [0.4, 0.5) is 18.3 Å². The van der Waals surface area contributed by atoms with Crippen LogP contribution in [0.5, 0.6) is 0 Å². The number of carbonyl (C=O) groups is 1. The van der Waals surface area contributed by atoms with Gasteiger partial charge in [0.15, 0.2) is 11.0 Å². The number of anilines is 1. The van der Waals surface area contributed by atoms with Crippen molar-refractivity contribution in [2.45, 2.75) is 58.0 Å². The van der Waals surface area contributed by atoms with Crippen molar-refractivity contribution >= 4 is 22.4 Å². The van der Waals surface area contributed by atoms with Gasteiger partial charge < -0.3 is 9.73 Å². The fraction of sp³-hybridized carbons (Fsp3) is 0.333. The molecule has 1 amide bonds. The molecule has 0 aliphatic heterocycles. The van der Waals surface area contributed by atoms with Crippen LogP contribution in [0.3, 0.4) is 0 Å². The van der Waals surface area contributed by atoms with E-state index in [9.17, 15) is 18.0 Å². The summed E-state index contributed by atoms with van der Waals surface area (Å²) in [6.45, 7) is 6.16. The number of hydrogen-bond donors (Lipinski definition) is 2. The number of aromatic nitrogens is 3. The quantitative estimate of drug-likeness (QED) is 0.262. The summed E-state index contributed by atoms with van der Waals surface area (Å²) in [7, 11) is 0. The molecule has 11 heteroatoms. The Labute approximate surface area is 221 Å². The maximum absolute atomic E-state index is 13.4. The lowest BCUT2D eigenvalue weighted by Gasteiger charge is -2.35. The summed E-state index contributed by atoms with van der Waals surface area (Å²) in [5.74, 6) is -3.09. The van der Waals surface area contributed by atoms with Crippen molar-refractivity contribution in [3.63, 3.8) is 0 Å². The summed E-state index contributed by atoms with van der Waals surface area (Å²) in [5, 5.41) is 8.05. The summed E-state index contributed by atoms with van der Waals surface area (Å²) < 4.78 is 45.3. The molecular formula is C27H26F3N5O2S. The highest BCUT2D eigenvalue weighted by Gasteiger charge is 2.44. The molecule has 0 radical (unpaired) electrons. The Morgan fingerprint density at radius 3 is 2.58 bits per heavy atom. The second kappa shape index (κ2) is 10.3. The second-order valence-electron chi connectivity index (χ2n) is 9.73. The van der Waals surface area contributed by atoms with E-state index in [4.69, 9.17) is 4.42 Å². The maximum atomic E-state index is 13.4. The normalized spacial score (nSPS) is 15.0. The molecule has 7 nitrogen and oxygen atoms in total. The van der Waals surface area contributed by atoms with Gasteiger partial charge in [-0.25, -0.2) is 23.1 Å². The molecule has 0 saturated heterocycles. The van der Waals surface area contributed by atoms with Crippen LogP contribution in [0.25, 0.3) is 22.6 Å². The number of halogens is 3. The topological polar surface area (TPSA) is 92.9 Å². The van der Waals surface area contributed by atoms with E-state index >= 15 is 0 Å². The predicted octanol–water partition coefficient (Wildman–Crippen LogP) is 6.57. The molecule has 0 bridgehead atoms. The van der Waals surface area contributed by atoms with Crippen molar-refractivity contribution in [2.24, 2.45) is 0 Å². The molecule has 0 unspecified atom stereocenters. The fourth-order valence-corrected chi connectivity index (χ4v) is 4.89. The molecule has 1 fully saturated rings. The van der Waals surface area contributed by atoms with Crippen LogP contribution < -0.4 is 10.6 Å². The van der Waals surface area contributed by atoms with Gasteiger partial charge >= 0.3 is 0 Å². The number of carbonyl (C=O) groups excluding carboxylic acids is 1. The number of pyridine rings is 1. The van der Waals surface area contributed by atoms with Crippen molar-refractivity contribution < 1.29 is 22.4 Å². The van der Waals surface area contributed by atoms with Crippen LogP contribution in [0.2, 0.25) is 0 Å². The molecule has 198 valence electrons. The Morgan fingerprint density at radius 2 is 1.92 bits per heavy atom. The van der Waals surface area contributed by atoms with Gasteiger partial charge in [0.1, 0.15) is 17.2 Å². The van der Waals surface area contributed by atoms with Crippen molar-refractivity contribution in [3.8, 4) is 22.6 Å². The molecule has 38 heavy (non-hydrogen) atoms. The average molecular weight is 542 g/mol. The molecule has 5 rings (SSSR count). The molecule has 0 atom stereocenters. The van der Waals surface area contributed by atoms with E-state index < -0.39 is 11.8 Å². The Bertz CT molecular complexity index is 1460. The Hall–Kier alpha value is -3.57. The minimum atomic E-state index is -2.56. The molecule has 1 aliphatic rings. The molecule has 1 saturated carbocycles. The smallest absolute Gasteiger partial charge is 0.295 e. The number of nitrogens with zero attached hydrogens (tertiary/aromatic N) is 3. The zero-order valence-electron chi connectivity index (χ0n) is 21.0. The number of hydrogen-bond acceptors (Lipinski definition) is 7. The first-order valence-corrected chi connectivity index (χ1v) is 13.1. The third-order valence-electron chi connectivity index (χ3n) is 6.25. The van der Waals surface area contributed by atoms with Gasteiger partial charge in [0.05, 0.1) is 5.69 Å². The molecule has 3 heterocycles. The summed E-state index contributed by atoms with van der Waals surface area (Å²) in [6, 6.07) is 7.46. The highest BCUT2D eigenvalue weighted by atomic mass is 32.1. The third kappa shape index (κ3) is 5.63. The zero-order valence-corrected chi connectivity index (χ0v) is 21.8. The molecule has 1 aliphatic carbocycles. The predicted molar refractivity (Wildman–Crippen MR) is 139 cm³/mol. The van der Waals surface area contributed by atoms with Crippen LogP contribution in [0.1, 0.15) is 60.2 Å². The number of benzene rings is 1. The van der Waals surface area contributed by atoms with E-state index in [0.717, 1.165) is 11.1 Å². The van der Waals surface area contributed by atoms with E-state index in [1.54, 1.807) is 23.7 Å². The standard InChI is InChI=1S/C27H26F3N5O2S/c1-14(2)25-34-22(17-4-6-18(28)7-5-17)23(37-25)24(36)35-26-33-20(13-38-26)21-15(3)8-16(12-32-21)11-31-19-9-27(29,30)10-19/h4-8,12-14,19,31H,9-11H2,1-3H3,(H,33,35,36). The van der Waals surface area contributed by atoms with E-state index in [-0.39, 0.29) is 36.4 Å². The first-order valence-electron chi connectivity index (χ1n) is 12.2. The van der Waals surface area contributed by atoms with Gasteiger partial charge in [0, 0.05) is 48.5 Å². The third-order valence-corrected chi connectivity index (χ3v) is 7.01. The van der Waals surface area contributed by atoms with Crippen molar-refractivity contribution in [1.82, 2.24) is 20.3 Å². The van der Waals surface area contributed by atoms with Gasteiger partial charge in [-0.15, -0.1) is 11.3 Å². The number of alkyl halides is 2. The fourth-order valence-electron chi connectivity index (χ4n) is 4.20. The van der Waals surface area contributed by atoms with Gasteiger partial charge in [0.25, 0.3) is 11.8 Å². The van der Waals surface area contributed by atoms with Crippen LogP contribution in [0.15, 0.2) is 46.3 Å². The average Bonchev–Trinajstić information content (AvgIpc) is 3.50. The number of rotatable bonds is 8. The van der Waals surface area contributed by atoms with E-state index in [2.05, 4.69) is 25.6 Å². The SMILES string of the molecule is Cc1cc(CNC2CC(F)(F)C2)cnc1-c1csc(NC(=O)c2oc(C(C)C)nc2-c2ccc(F)cc2)n1. The number of aryl methyl sites for hydroxylation is 1. The van der Waals surface area contributed by atoms with Crippen LogP contribution in [0, 0.1) is 12.7 Å². The lowest BCUT2D eigenvalue weighted by Crippen LogP contribution is -2.48. The number of nitrogens with one attached hydrogen (secondary N) is 2. The first-order chi connectivity index (χ1) is 18.1. The Kier molecular flexibility index (Phi) is 7.06. The Morgan fingerprint density at radius 1 is 1.18 bits per heavy atom. The molecule has 4 aromatic rings. The van der Waals surface area contributed by atoms with E-state index in [0.29, 0.717) is 40.2 Å². The van der Waals surface area contributed by atoms with Gasteiger partial charge in [-0.3, -0.25) is 15.1 Å². The van der Waals surface area contributed by atoms with Crippen LogP contribution in [-0.4, -0.2) is 32.8 Å². The lowest BCUT2D eigenvalue weighted by atomic mass is 9.88. The van der Waals surface area contributed by atoms with Crippen molar-refractivity contribution in [1.29, 1.82) is 0 Å². The van der Waals surface area contributed by atoms with Crippen LogP contribution >= 0.6 is 11.3 Å². The van der Waals surface area contributed by atoms with E-state index in [1.807, 2.05) is 26.8 Å². The first kappa shape index (κ1) is 26.1. The molecule has 3 aromatic heterocycles.